The zero-order chi connectivity index (χ0) is 13.1. The maximum absolute atomic E-state index is 13.4. The highest BCUT2D eigenvalue weighted by Crippen LogP contribution is 2.21. The van der Waals surface area contributed by atoms with Gasteiger partial charge in [0.1, 0.15) is 11.6 Å². The van der Waals surface area contributed by atoms with E-state index in [1.54, 1.807) is 12.3 Å². The second-order valence-corrected chi connectivity index (χ2v) is 4.33. The molecule has 2 aromatic rings. The summed E-state index contributed by atoms with van der Waals surface area (Å²) in [7, 11) is 1.88. The van der Waals surface area contributed by atoms with Crippen molar-refractivity contribution in [3.8, 4) is 0 Å². The third-order valence-corrected chi connectivity index (χ3v) is 2.94. The fraction of sp³-hybridized carbons (Fsp3) is 0.286. The van der Waals surface area contributed by atoms with E-state index < -0.39 is 0 Å². The van der Waals surface area contributed by atoms with Gasteiger partial charge in [-0.15, -0.1) is 0 Å². The molecule has 1 heterocycles. The van der Waals surface area contributed by atoms with Crippen molar-refractivity contribution in [2.75, 3.05) is 11.9 Å². The van der Waals surface area contributed by atoms with Crippen molar-refractivity contribution in [1.82, 2.24) is 0 Å². The Morgan fingerprint density at radius 3 is 2.72 bits per heavy atom. The molecule has 0 saturated carbocycles. The van der Waals surface area contributed by atoms with Crippen LogP contribution in [0.2, 0.25) is 0 Å². The van der Waals surface area contributed by atoms with Crippen molar-refractivity contribution in [1.29, 1.82) is 0 Å². The monoisotopic (exact) mass is 249 g/mol. The lowest BCUT2D eigenvalue weighted by Crippen LogP contribution is -2.17. The van der Waals surface area contributed by atoms with Gasteiger partial charge in [-0.3, -0.25) is 0 Å². The molecule has 1 N–H and O–H groups in total. The minimum atomic E-state index is -0.340. The van der Waals surface area contributed by atoms with Gasteiger partial charge in [-0.1, -0.05) is 0 Å². The van der Waals surface area contributed by atoms with Gasteiger partial charge in [0.05, 0.1) is 12.9 Å². The Morgan fingerprint density at radius 2 is 2.11 bits per heavy atom. The molecule has 0 unspecified atom stereocenters. The van der Waals surface area contributed by atoms with Gasteiger partial charge in [0.15, 0.2) is 0 Å². The first kappa shape index (κ1) is 12.6. The van der Waals surface area contributed by atoms with Crippen LogP contribution in [0.3, 0.4) is 0 Å². The van der Waals surface area contributed by atoms with Crippen LogP contribution < -0.4 is 4.90 Å². The molecule has 0 radical (unpaired) electrons. The highest BCUT2D eigenvalue weighted by molar-refractivity contribution is 5.49. The summed E-state index contributed by atoms with van der Waals surface area (Å²) < 4.78 is 18.6. The lowest BCUT2D eigenvalue weighted by molar-refractivity contribution is 0.281. The van der Waals surface area contributed by atoms with Crippen molar-refractivity contribution in [3.63, 3.8) is 0 Å². The Balaban J connectivity index is 2.20. The van der Waals surface area contributed by atoms with Crippen LogP contribution in [0.15, 0.2) is 34.9 Å². The number of aliphatic hydroxyl groups excluding tert-OH is 1. The first-order chi connectivity index (χ1) is 8.60. The quantitative estimate of drug-likeness (QED) is 0.905. The maximum atomic E-state index is 13.4. The number of anilines is 1. The predicted octanol–water partition coefficient (Wildman–Crippen LogP) is 2.86. The summed E-state index contributed by atoms with van der Waals surface area (Å²) in [6.07, 6.45) is 1.64. The van der Waals surface area contributed by atoms with Crippen LogP contribution in [0.25, 0.3) is 0 Å². The summed E-state index contributed by atoms with van der Waals surface area (Å²) in [5.41, 5.74) is 2.37. The SMILES string of the molecule is Cc1occc1CN(C)c1cc(F)cc(CO)c1. The molecule has 0 aliphatic rings. The van der Waals surface area contributed by atoms with Crippen LogP contribution in [-0.2, 0) is 13.2 Å². The number of hydrogen-bond donors (Lipinski definition) is 1. The summed E-state index contributed by atoms with van der Waals surface area (Å²) in [5, 5.41) is 9.07. The topological polar surface area (TPSA) is 36.6 Å². The van der Waals surface area contributed by atoms with Gasteiger partial charge >= 0.3 is 0 Å². The number of nitrogens with zero attached hydrogens (tertiary/aromatic N) is 1. The Hall–Kier alpha value is -1.81. The highest BCUT2D eigenvalue weighted by atomic mass is 19.1. The van der Waals surface area contributed by atoms with E-state index in [1.165, 1.54) is 12.1 Å². The van der Waals surface area contributed by atoms with E-state index in [0.29, 0.717) is 12.1 Å². The van der Waals surface area contributed by atoms with Crippen LogP contribution >= 0.6 is 0 Å². The van der Waals surface area contributed by atoms with Crippen molar-refractivity contribution in [2.24, 2.45) is 0 Å². The second kappa shape index (κ2) is 5.23. The molecule has 1 aromatic heterocycles. The smallest absolute Gasteiger partial charge is 0.125 e. The molecule has 0 spiro atoms. The largest absolute Gasteiger partial charge is 0.469 e. The Labute approximate surface area is 105 Å². The Kier molecular flexibility index (Phi) is 3.67. The van der Waals surface area contributed by atoms with Gasteiger partial charge in [0.25, 0.3) is 0 Å². The Bertz CT molecular complexity index is 536. The molecule has 1 aromatic carbocycles. The molecule has 0 bridgehead atoms. The molecule has 0 saturated heterocycles. The van der Waals surface area contributed by atoms with Crippen molar-refractivity contribution >= 4 is 5.69 Å². The number of halogens is 1. The van der Waals surface area contributed by atoms with Crippen LogP contribution in [0.1, 0.15) is 16.9 Å². The molecule has 4 heteroatoms. The van der Waals surface area contributed by atoms with Gasteiger partial charge < -0.3 is 14.4 Å². The van der Waals surface area contributed by atoms with E-state index in [2.05, 4.69) is 0 Å². The fourth-order valence-corrected chi connectivity index (χ4v) is 1.87. The zero-order valence-corrected chi connectivity index (χ0v) is 10.5. The highest BCUT2D eigenvalue weighted by Gasteiger charge is 2.08. The standard InChI is InChI=1S/C14H16FNO2/c1-10-12(3-4-18-10)8-16(2)14-6-11(9-17)5-13(15)7-14/h3-7,17H,8-9H2,1-2H3. The van der Waals surface area contributed by atoms with Crippen molar-refractivity contribution in [3.05, 3.63) is 53.2 Å². The number of aryl methyl sites for hydroxylation is 1. The van der Waals surface area contributed by atoms with E-state index in [-0.39, 0.29) is 12.4 Å². The average molecular weight is 249 g/mol. The molecular formula is C14H16FNO2. The zero-order valence-electron chi connectivity index (χ0n) is 10.5. The number of hydrogen-bond acceptors (Lipinski definition) is 3. The molecule has 0 aliphatic heterocycles. The molecule has 18 heavy (non-hydrogen) atoms. The van der Waals surface area contributed by atoms with Gasteiger partial charge in [-0.05, 0) is 36.8 Å². The lowest BCUT2D eigenvalue weighted by atomic mass is 10.1. The summed E-state index contributed by atoms with van der Waals surface area (Å²) in [6, 6.07) is 6.46. The Morgan fingerprint density at radius 1 is 1.33 bits per heavy atom. The van der Waals surface area contributed by atoms with E-state index in [4.69, 9.17) is 9.52 Å². The number of furan rings is 1. The number of benzene rings is 1. The van der Waals surface area contributed by atoms with Gasteiger partial charge in [-0.2, -0.15) is 0 Å². The van der Waals surface area contributed by atoms with E-state index in [1.807, 2.05) is 24.9 Å². The minimum absolute atomic E-state index is 0.163. The number of aliphatic hydroxyl groups is 1. The summed E-state index contributed by atoms with van der Waals surface area (Å²) in [5.74, 6) is 0.521. The van der Waals surface area contributed by atoms with Crippen molar-refractivity contribution < 1.29 is 13.9 Å². The molecule has 0 fully saturated rings. The van der Waals surface area contributed by atoms with Gasteiger partial charge in [0.2, 0.25) is 0 Å². The molecule has 2 rings (SSSR count). The average Bonchev–Trinajstić information content (AvgIpc) is 2.74. The molecule has 3 nitrogen and oxygen atoms in total. The van der Waals surface area contributed by atoms with Crippen LogP contribution in [0, 0.1) is 12.7 Å². The third-order valence-electron chi connectivity index (χ3n) is 2.94. The van der Waals surface area contributed by atoms with Crippen LogP contribution in [0.4, 0.5) is 10.1 Å². The van der Waals surface area contributed by atoms with Gasteiger partial charge in [0, 0.05) is 24.8 Å². The lowest BCUT2D eigenvalue weighted by Gasteiger charge is -2.19. The van der Waals surface area contributed by atoms with Gasteiger partial charge in [-0.25, -0.2) is 4.39 Å². The first-order valence-corrected chi connectivity index (χ1v) is 5.74. The predicted molar refractivity (Wildman–Crippen MR) is 67.9 cm³/mol. The molecule has 0 aliphatic carbocycles. The molecular weight excluding hydrogens is 233 g/mol. The maximum Gasteiger partial charge on any atom is 0.125 e. The summed E-state index contributed by atoms with van der Waals surface area (Å²) >= 11 is 0. The first-order valence-electron chi connectivity index (χ1n) is 5.74. The molecule has 96 valence electrons. The van der Waals surface area contributed by atoms with E-state index in [9.17, 15) is 4.39 Å². The number of rotatable bonds is 4. The van der Waals surface area contributed by atoms with Crippen molar-refractivity contribution in [2.45, 2.75) is 20.1 Å². The second-order valence-electron chi connectivity index (χ2n) is 4.33. The summed E-state index contributed by atoms with van der Waals surface area (Å²) in [6.45, 7) is 2.37. The van der Waals surface area contributed by atoms with E-state index in [0.717, 1.165) is 17.0 Å². The normalized spacial score (nSPS) is 10.7. The molecule has 0 atom stereocenters. The third kappa shape index (κ3) is 2.71. The van der Waals surface area contributed by atoms with Crippen LogP contribution in [-0.4, -0.2) is 12.2 Å². The van der Waals surface area contributed by atoms with Crippen LogP contribution in [0.5, 0.6) is 0 Å². The minimum Gasteiger partial charge on any atom is -0.469 e. The molecule has 0 amide bonds. The summed E-state index contributed by atoms with van der Waals surface area (Å²) in [4.78, 5) is 1.92. The fourth-order valence-electron chi connectivity index (χ4n) is 1.87. The van der Waals surface area contributed by atoms with E-state index >= 15 is 0 Å².